The number of methoxy groups -OCH3 is 1. The van der Waals surface area contributed by atoms with Crippen molar-refractivity contribution in [1.29, 1.82) is 0 Å². The molecule has 0 spiro atoms. The second kappa shape index (κ2) is 9.98. The molecule has 172 valence electrons. The molecule has 0 aliphatic carbocycles. The normalized spacial score (nSPS) is 10.6. The topological polar surface area (TPSA) is 101 Å². The third-order valence-corrected chi connectivity index (χ3v) is 5.61. The van der Waals surface area contributed by atoms with Gasteiger partial charge < -0.3 is 15.4 Å². The van der Waals surface area contributed by atoms with Crippen LogP contribution in [0.4, 0.5) is 11.4 Å². The fourth-order valence-corrected chi connectivity index (χ4v) is 3.76. The lowest BCUT2D eigenvalue weighted by Crippen LogP contribution is -2.36. The average Bonchev–Trinajstić information content (AvgIpc) is 3.19. The summed E-state index contributed by atoms with van der Waals surface area (Å²) in [5, 5.41) is 6.31. The van der Waals surface area contributed by atoms with Crippen LogP contribution in [0.1, 0.15) is 10.5 Å². The Morgan fingerprint density at radius 3 is 2.32 bits per heavy atom. The molecular weight excluding hydrogens is 524 g/mol. The van der Waals surface area contributed by atoms with Gasteiger partial charge in [0.05, 0.1) is 7.11 Å². The zero-order valence-corrected chi connectivity index (χ0v) is 20.1. The summed E-state index contributed by atoms with van der Waals surface area (Å²) in [5.74, 6) is -1.99. The number of anilines is 2. The molecule has 4 rings (SSSR count). The van der Waals surface area contributed by atoms with Crippen molar-refractivity contribution >= 4 is 67.5 Å². The molecule has 4 aromatic rings. The Morgan fingerprint density at radius 2 is 1.62 bits per heavy atom. The number of carbonyl (C=O) groups excluding carboxylic acids is 3. The summed E-state index contributed by atoms with van der Waals surface area (Å²) in [5.41, 5.74) is 3.95. The van der Waals surface area contributed by atoms with Gasteiger partial charge in [-0.2, -0.15) is 0 Å². The Hall–Kier alpha value is -3.82. The van der Waals surface area contributed by atoms with Crippen molar-refractivity contribution in [2.24, 2.45) is 0 Å². The quantitative estimate of drug-likeness (QED) is 0.309. The van der Waals surface area contributed by atoms with E-state index in [1.54, 1.807) is 66.7 Å². The lowest BCUT2D eigenvalue weighted by atomic mass is 10.2. The van der Waals surface area contributed by atoms with E-state index >= 15 is 0 Å². The van der Waals surface area contributed by atoms with E-state index in [0.717, 1.165) is 4.47 Å². The maximum absolute atomic E-state index is 13.1. The van der Waals surface area contributed by atoms with Gasteiger partial charge in [0.1, 0.15) is 17.0 Å². The molecule has 34 heavy (non-hydrogen) atoms. The minimum absolute atomic E-state index is 0.103. The van der Waals surface area contributed by atoms with Gasteiger partial charge in [-0.3, -0.25) is 19.8 Å². The van der Waals surface area contributed by atoms with E-state index < -0.39 is 17.7 Å². The SMILES string of the molecule is COc1cccc2cc(C(=O)Nc3ccc(Br)cc3)n(NC(=O)C(=O)Nc3cccc(Cl)c3)c12. The van der Waals surface area contributed by atoms with E-state index in [2.05, 4.69) is 32.0 Å². The molecule has 0 unspecified atom stereocenters. The number of aromatic nitrogens is 1. The Balaban J connectivity index is 1.66. The second-order valence-electron chi connectivity index (χ2n) is 7.13. The molecule has 3 amide bonds. The van der Waals surface area contributed by atoms with E-state index in [0.29, 0.717) is 33.0 Å². The monoisotopic (exact) mass is 540 g/mol. The maximum Gasteiger partial charge on any atom is 0.328 e. The standard InChI is InChI=1S/C24H18BrClN4O4/c1-34-20-7-2-4-14-12-19(22(31)27-17-10-8-15(25)9-11-17)30(21(14)20)29-24(33)23(32)28-18-6-3-5-16(26)13-18/h2-13H,1H3,(H,27,31)(H,28,32)(H,29,33). The third kappa shape index (κ3) is 5.05. The number of fused-ring (bicyclic) bond motifs is 1. The van der Waals surface area contributed by atoms with Gasteiger partial charge in [-0.05, 0) is 54.6 Å². The predicted molar refractivity (Wildman–Crippen MR) is 135 cm³/mol. The first-order valence-electron chi connectivity index (χ1n) is 9.99. The first-order chi connectivity index (χ1) is 16.4. The van der Waals surface area contributed by atoms with Crippen molar-refractivity contribution in [3.8, 4) is 5.75 Å². The van der Waals surface area contributed by atoms with Crippen molar-refractivity contribution < 1.29 is 19.1 Å². The number of para-hydroxylation sites is 1. The van der Waals surface area contributed by atoms with Gasteiger partial charge in [0.15, 0.2) is 0 Å². The van der Waals surface area contributed by atoms with E-state index in [1.165, 1.54) is 17.9 Å². The number of benzene rings is 3. The first-order valence-corrected chi connectivity index (χ1v) is 11.2. The number of hydrogen-bond acceptors (Lipinski definition) is 4. The van der Waals surface area contributed by atoms with Crippen LogP contribution in [0.5, 0.6) is 5.75 Å². The third-order valence-electron chi connectivity index (χ3n) is 4.84. The highest BCUT2D eigenvalue weighted by molar-refractivity contribution is 9.10. The molecule has 0 radical (unpaired) electrons. The number of carbonyl (C=O) groups is 3. The molecule has 0 aliphatic rings. The molecule has 0 bridgehead atoms. The Labute approximate surface area is 207 Å². The summed E-state index contributed by atoms with van der Waals surface area (Å²) in [4.78, 5) is 38.4. The number of halogens is 2. The molecule has 0 fully saturated rings. The van der Waals surface area contributed by atoms with Crippen LogP contribution in [-0.2, 0) is 9.59 Å². The average molecular weight is 542 g/mol. The van der Waals surface area contributed by atoms with Gasteiger partial charge in [0.2, 0.25) is 0 Å². The van der Waals surface area contributed by atoms with Gasteiger partial charge in [0.25, 0.3) is 5.91 Å². The smallest absolute Gasteiger partial charge is 0.328 e. The number of ether oxygens (including phenoxy) is 1. The molecule has 0 atom stereocenters. The van der Waals surface area contributed by atoms with Crippen molar-refractivity contribution in [3.63, 3.8) is 0 Å². The van der Waals surface area contributed by atoms with E-state index in [-0.39, 0.29) is 5.69 Å². The molecule has 0 saturated carbocycles. The molecule has 3 N–H and O–H groups in total. The summed E-state index contributed by atoms with van der Waals surface area (Å²) < 4.78 is 7.52. The van der Waals surface area contributed by atoms with Crippen molar-refractivity contribution in [2.45, 2.75) is 0 Å². The molecule has 0 aliphatic heterocycles. The fraction of sp³-hybridized carbons (Fsp3) is 0.0417. The van der Waals surface area contributed by atoms with Crippen LogP contribution < -0.4 is 20.8 Å². The minimum Gasteiger partial charge on any atom is -0.494 e. The number of rotatable bonds is 5. The lowest BCUT2D eigenvalue weighted by molar-refractivity contribution is -0.133. The molecule has 0 saturated heterocycles. The Bertz CT molecular complexity index is 1400. The van der Waals surface area contributed by atoms with Crippen LogP contribution in [0, 0.1) is 0 Å². The number of amides is 3. The number of nitrogens with one attached hydrogen (secondary N) is 3. The highest BCUT2D eigenvalue weighted by atomic mass is 79.9. The van der Waals surface area contributed by atoms with Gasteiger partial charge in [-0.25, -0.2) is 4.68 Å². The largest absolute Gasteiger partial charge is 0.494 e. The van der Waals surface area contributed by atoms with Crippen LogP contribution in [0.25, 0.3) is 10.9 Å². The summed E-state index contributed by atoms with van der Waals surface area (Å²) in [6, 6.07) is 20.2. The summed E-state index contributed by atoms with van der Waals surface area (Å²) in [6.07, 6.45) is 0. The number of nitrogens with zero attached hydrogens (tertiary/aromatic N) is 1. The van der Waals surface area contributed by atoms with E-state index in [4.69, 9.17) is 16.3 Å². The molecule has 3 aromatic carbocycles. The molecule has 1 aromatic heterocycles. The van der Waals surface area contributed by atoms with Crippen molar-refractivity contribution in [2.75, 3.05) is 23.2 Å². The predicted octanol–water partition coefficient (Wildman–Crippen LogP) is 5.03. The summed E-state index contributed by atoms with van der Waals surface area (Å²) >= 11 is 9.29. The van der Waals surface area contributed by atoms with Crippen LogP contribution in [0.2, 0.25) is 5.02 Å². The van der Waals surface area contributed by atoms with Gasteiger partial charge in [0, 0.05) is 26.3 Å². The van der Waals surface area contributed by atoms with Crippen LogP contribution >= 0.6 is 27.5 Å². The zero-order valence-electron chi connectivity index (χ0n) is 17.8. The minimum atomic E-state index is -0.985. The van der Waals surface area contributed by atoms with Gasteiger partial charge in [-0.15, -0.1) is 0 Å². The summed E-state index contributed by atoms with van der Waals surface area (Å²) in [6.45, 7) is 0. The molecule has 8 nitrogen and oxygen atoms in total. The number of hydrogen-bond donors (Lipinski definition) is 3. The molecule has 10 heteroatoms. The highest BCUT2D eigenvalue weighted by Crippen LogP contribution is 2.29. The van der Waals surface area contributed by atoms with Gasteiger partial charge >= 0.3 is 11.8 Å². The molecule has 1 heterocycles. The van der Waals surface area contributed by atoms with E-state index in [9.17, 15) is 14.4 Å². The van der Waals surface area contributed by atoms with E-state index in [1.807, 2.05) is 0 Å². The fourth-order valence-electron chi connectivity index (χ4n) is 3.31. The Morgan fingerprint density at radius 1 is 0.882 bits per heavy atom. The summed E-state index contributed by atoms with van der Waals surface area (Å²) in [7, 11) is 1.47. The zero-order chi connectivity index (χ0) is 24.2. The molecular formula is C24H18BrClN4O4. The van der Waals surface area contributed by atoms with Crippen LogP contribution in [0.15, 0.2) is 77.3 Å². The second-order valence-corrected chi connectivity index (χ2v) is 8.48. The maximum atomic E-state index is 13.1. The first kappa shape index (κ1) is 23.3. The highest BCUT2D eigenvalue weighted by Gasteiger charge is 2.23. The van der Waals surface area contributed by atoms with Crippen molar-refractivity contribution in [3.05, 3.63) is 88.0 Å². The van der Waals surface area contributed by atoms with Crippen LogP contribution in [-0.4, -0.2) is 29.5 Å². The van der Waals surface area contributed by atoms with Crippen LogP contribution in [0.3, 0.4) is 0 Å². The van der Waals surface area contributed by atoms with Gasteiger partial charge in [-0.1, -0.05) is 45.7 Å². The lowest BCUT2D eigenvalue weighted by Gasteiger charge is -2.14. The van der Waals surface area contributed by atoms with Crippen molar-refractivity contribution in [1.82, 2.24) is 4.68 Å². The Kier molecular flexibility index (Phi) is 6.85.